The zero-order valence-electron chi connectivity index (χ0n) is 18.4. The number of hydrogen-bond acceptors (Lipinski definition) is 5. The van der Waals surface area contributed by atoms with Crippen molar-refractivity contribution >= 4 is 5.91 Å². The van der Waals surface area contributed by atoms with Crippen LogP contribution in [-0.2, 0) is 38.8 Å². The van der Waals surface area contributed by atoms with Crippen LogP contribution in [-0.4, -0.2) is 35.6 Å². The molecule has 1 aliphatic heterocycles. The third-order valence-electron chi connectivity index (χ3n) is 5.55. The molecule has 1 unspecified atom stereocenters. The van der Waals surface area contributed by atoms with Crippen LogP contribution in [0.4, 0.5) is 0 Å². The lowest BCUT2D eigenvalue weighted by Gasteiger charge is -2.27. The van der Waals surface area contributed by atoms with E-state index in [1.807, 2.05) is 91.0 Å². The summed E-state index contributed by atoms with van der Waals surface area (Å²) < 4.78 is 18.0. The van der Waals surface area contributed by atoms with Crippen LogP contribution in [0.5, 0.6) is 0 Å². The smallest absolute Gasteiger partial charge is 0.253 e. The van der Waals surface area contributed by atoms with Gasteiger partial charge in [-0.05, 0) is 16.7 Å². The molecule has 3 aromatic rings. The highest BCUT2D eigenvalue weighted by Crippen LogP contribution is 2.22. The minimum absolute atomic E-state index is 0.198. The predicted molar refractivity (Wildman–Crippen MR) is 124 cm³/mol. The van der Waals surface area contributed by atoms with Gasteiger partial charge in [-0.3, -0.25) is 4.79 Å². The van der Waals surface area contributed by atoms with E-state index in [1.165, 1.54) is 0 Å². The summed E-state index contributed by atoms with van der Waals surface area (Å²) in [5.41, 5.74) is 2.87. The second-order valence-electron chi connectivity index (χ2n) is 8.08. The van der Waals surface area contributed by atoms with E-state index in [-0.39, 0.29) is 25.5 Å². The van der Waals surface area contributed by atoms with Gasteiger partial charge in [0.15, 0.2) is 6.10 Å². The quantitative estimate of drug-likeness (QED) is 0.524. The van der Waals surface area contributed by atoms with Crippen molar-refractivity contribution in [2.45, 2.75) is 50.8 Å². The van der Waals surface area contributed by atoms with E-state index in [0.29, 0.717) is 6.61 Å². The molecule has 1 saturated heterocycles. The van der Waals surface area contributed by atoms with Gasteiger partial charge in [0.25, 0.3) is 5.91 Å². The molecule has 3 aromatic carbocycles. The number of nitrogens with one attached hydrogen (secondary N) is 1. The highest BCUT2D eigenvalue weighted by atomic mass is 16.6. The van der Waals surface area contributed by atoms with Crippen molar-refractivity contribution in [3.05, 3.63) is 108 Å². The molecule has 2 N–H and O–H groups in total. The summed E-state index contributed by atoms with van der Waals surface area (Å²) in [6, 6.07) is 29.0. The first-order chi connectivity index (χ1) is 16.2. The molecule has 1 amide bonds. The van der Waals surface area contributed by atoms with Gasteiger partial charge in [-0.15, -0.1) is 0 Å². The van der Waals surface area contributed by atoms with E-state index in [2.05, 4.69) is 5.32 Å². The number of carbonyl (C=O) groups is 1. The Bertz CT molecular complexity index is 983. The van der Waals surface area contributed by atoms with Crippen LogP contribution < -0.4 is 5.32 Å². The molecule has 33 heavy (non-hydrogen) atoms. The van der Waals surface area contributed by atoms with E-state index in [1.54, 1.807) is 0 Å². The molecule has 4 atom stereocenters. The van der Waals surface area contributed by atoms with E-state index in [0.717, 1.165) is 16.7 Å². The van der Waals surface area contributed by atoms with Crippen LogP contribution >= 0.6 is 0 Å². The first-order valence-corrected chi connectivity index (χ1v) is 11.1. The molecule has 0 bridgehead atoms. The van der Waals surface area contributed by atoms with Crippen LogP contribution in [0.2, 0.25) is 0 Å². The first-order valence-electron chi connectivity index (χ1n) is 11.1. The van der Waals surface area contributed by atoms with Crippen molar-refractivity contribution in [1.29, 1.82) is 0 Å². The lowest BCUT2D eigenvalue weighted by molar-refractivity contribution is -0.156. The van der Waals surface area contributed by atoms with Gasteiger partial charge in [-0.2, -0.15) is 0 Å². The Labute approximate surface area is 194 Å². The maximum absolute atomic E-state index is 13.1. The molecule has 4 rings (SSSR count). The minimum atomic E-state index is -0.978. The highest BCUT2D eigenvalue weighted by Gasteiger charge is 2.41. The normalized spacial score (nSPS) is 23.0. The number of carbonyl (C=O) groups excluding carboxylic acids is 1. The molecule has 0 radical (unpaired) electrons. The molecule has 6 nitrogen and oxygen atoms in total. The predicted octanol–water partition coefficient (Wildman–Crippen LogP) is 3.58. The summed E-state index contributed by atoms with van der Waals surface area (Å²) in [5, 5.41) is 13.9. The largest absolute Gasteiger partial charge is 0.390 e. The maximum Gasteiger partial charge on any atom is 0.253 e. The van der Waals surface area contributed by atoms with Gasteiger partial charge < -0.3 is 24.6 Å². The van der Waals surface area contributed by atoms with Crippen molar-refractivity contribution in [1.82, 2.24) is 5.32 Å². The summed E-state index contributed by atoms with van der Waals surface area (Å²) in [6.07, 6.45) is -3.22. The Morgan fingerprint density at radius 3 is 1.67 bits per heavy atom. The summed E-state index contributed by atoms with van der Waals surface area (Å²) in [6.45, 7) is 0.812. The van der Waals surface area contributed by atoms with Crippen molar-refractivity contribution in [2.75, 3.05) is 0 Å². The Kier molecular flexibility index (Phi) is 8.22. The number of ether oxygens (including phenoxy) is 3. The van der Waals surface area contributed by atoms with Gasteiger partial charge in [0.1, 0.15) is 12.3 Å². The fourth-order valence-corrected chi connectivity index (χ4v) is 3.78. The summed E-state index contributed by atoms with van der Waals surface area (Å²) in [4.78, 5) is 13.1. The lowest BCUT2D eigenvalue weighted by atomic mass is 10.1. The summed E-state index contributed by atoms with van der Waals surface area (Å²) in [7, 11) is 0. The molecule has 0 aliphatic carbocycles. The van der Waals surface area contributed by atoms with Crippen LogP contribution in [0.3, 0.4) is 0 Å². The van der Waals surface area contributed by atoms with E-state index >= 15 is 0 Å². The number of hydrogen-bond donors (Lipinski definition) is 2. The van der Waals surface area contributed by atoms with Gasteiger partial charge in [-0.1, -0.05) is 91.0 Å². The first kappa shape index (κ1) is 23.1. The molecule has 172 valence electrons. The van der Waals surface area contributed by atoms with Gasteiger partial charge in [0.2, 0.25) is 0 Å². The number of amides is 1. The van der Waals surface area contributed by atoms with Gasteiger partial charge in [-0.25, -0.2) is 0 Å². The second-order valence-corrected chi connectivity index (χ2v) is 8.08. The highest BCUT2D eigenvalue weighted by molar-refractivity contribution is 5.82. The summed E-state index contributed by atoms with van der Waals surface area (Å²) in [5.74, 6) is -0.362. The number of aliphatic hydroxyl groups is 1. The van der Waals surface area contributed by atoms with Crippen molar-refractivity contribution in [2.24, 2.45) is 0 Å². The fraction of sp³-hybridized carbons (Fsp3) is 0.296. The van der Waals surface area contributed by atoms with E-state index in [4.69, 9.17) is 14.2 Å². The Hall–Kier alpha value is -3.03. The monoisotopic (exact) mass is 447 g/mol. The van der Waals surface area contributed by atoms with Crippen molar-refractivity contribution < 1.29 is 24.1 Å². The Morgan fingerprint density at radius 2 is 1.15 bits per heavy atom. The fourth-order valence-electron chi connectivity index (χ4n) is 3.78. The molecule has 6 heteroatoms. The number of aliphatic hydroxyl groups excluding tert-OH is 1. The van der Waals surface area contributed by atoms with E-state index in [9.17, 15) is 9.90 Å². The third kappa shape index (κ3) is 6.73. The van der Waals surface area contributed by atoms with Crippen LogP contribution in [0.1, 0.15) is 23.1 Å². The third-order valence-corrected chi connectivity index (χ3v) is 5.55. The average Bonchev–Trinajstić information content (AvgIpc) is 2.97. The van der Waals surface area contributed by atoms with Crippen LogP contribution in [0.25, 0.3) is 0 Å². The lowest BCUT2D eigenvalue weighted by Crippen LogP contribution is -2.47. The van der Waals surface area contributed by atoms with Crippen LogP contribution in [0, 0.1) is 0 Å². The maximum atomic E-state index is 13.1. The molecular formula is C27H29NO5. The molecule has 1 aliphatic rings. The zero-order chi connectivity index (χ0) is 22.9. The molecule has 1 heterocycles. The van der Waals surface area contributed by atoms with Gasteiger partial charge in [0.05, 0.1) is 25.9 Å². The second kappa shape index (κ2) is 11.7. The zero-order valence-corrected chi connectivity index (χ0v) is 18.4. The standard InChI is InChI=1S/C27H29NO5/c29-23-16-24(31-17-20-10-4-1-5-11-20)28-27(30)26(33-19-22-14-8-3-9-15-22)25(23)32-18-21-12-6-2-7-13-21/h1-15,23-26,29H,16-19H2,(H,28,30)/t23-,24?,25+,26-/m1/s1. The SMILES string of the molecule is O=C1NC(OCc2ccccc2)C[C@@H](O)[C@H](OCc2ccccc2)[C@H]1OCc1ccccc1. The van der Waals surface area contributed by atoms with Crippen LogP contribution in [0.15, 0.2) is 91.0 Å². The molecule has 1 fully saturated rings. The van der Waals surface area contributed by atoms with Gasteiger partial charge >= 0.3 is 0 Å². The average molecular weight is 448 g/mol. The molecule has 0 aromatic heterocycles. The van der Waals surface area contributed by atoms with Crippen molar-refractivity contribution in [3.63, 3.8) is 0 Å². The van der Waals surface area contributed by atoms with Gasteiger partial charge in [0, 0.05) is 6.42 Å². The molecule has 0 spiro atoms. The Balaban J connectivity index is 1.46. The topological polar surface area (TPSA) is 77.0 Å². The van der Waals surface area contributed by atoms with E-state index < -0.39 is 24.5 Å². The number of rotatable bonds is 9. The number of benzene rings is 3. The molecular weight excluding hydrogens is 418 g/mol. The molecule has 0 saturated carbocycles. The minimum Gasteiger partial charge on any atom is -0.390 e. The Morgan fingerprint density at radius 1 is 0.697 bits per heavy atom. The summed E-state index contributed by atoms with van der Waals surface area (Å²) >= 11 is 0. The van der Waals surface area contributed by atoms with Crippen molar-refractivity contribution in [3.8, 4) is 0 Å².